The summed E-state index contributed by atoms with van der Waals surface area (Å²) < 4.78 is 0. The van der Waals surface area contributed by atoms with E-state index in [1.807, 2.05) is 51.4 Å². The average molecular weight is 291 g/mol. The van der Waals surface area contributed by atoms with Crippen molar-refractivity contribution in [3.63, 3.8) is 0 Å². The van der Waals surface area contributed by atoms with E-state index >= 15 is 0 Å². The van der Waals surface area contributed by atoms with Crippen LogP contribution in [0.4, 0.5) is 0 Å². The SMILES string of the molecule is CC(C)C(CN(C)C)NC(=O)C(C)C(N)c1ccccc1. The number of benzene rings is 1. The Kier molecular flexibility index (Phi) is 6.85. The predicted octanol–water partition coefficient (Wildman–Crippen LogP) is 2.02. The number of nitrogens with two attached hydrogens (primary N) is 1. The van der Waals surface area contributed by atoms with E-state index in [-0.39, 0.29) is 23.9 Å². The molecule has 0 aliphatic carbocycles. The number of nitrogens with one attached hydrogen (secondary N) is 1. The van der Waals surface area contributed by atoms with E-state index in [1.54, 1.807) is 0 Å². The van der Waals surface area contributed by atoms with Gasteiger partial charge in [-0.15, -0.1) is 0 Å². The van der Waals surface area contributed by atoms with Crippen LogP contribution in [0.2, 0.25) is 0 Å². The molecule has 0 saturated heterocycles. The standard InChI is InChI=1S/C17H29N3O/c1-12(2)15(11-20(4)5)19-17(21)13(3)16(18)14-9-7-6-8-10-14/h6-10,12-13,15-16H,11,18H2,1-5H3,(H,19,21). The summed E-state index contributed by atoms with van der Waals surface area (Å²) in [6.45, 7) is 6.96. The number of carbonyl (C=O) groups excluding carboxylic acids is 1. The first-order valence-corrected chi connectivity index (χ1v) is 7.58. The Bertz CT molecular complexity index is 431. The van der Waals surface area contributed by atoms with E-state index in [4.69, 9.17) is 5.73 Å². The number of hydrogen-bond donors (Lipinski definition) is 2. The molecule has 21 heavy (non-hydrogen) atoms. The number of hydrogen-bond acceptors (Lipinski definition) is 3. The maximum absolute atomic E-state index is 12.4. The molecule has 3 atom stereocenters. The third-order valence-corrected chi connectivity index (χ3v) is 3.83. The Morgan fingerprint density at radius 3 is 2.24 bits per heavy atom. The van der Waals surface area contributed by atoms with Crippen molar-refractivity contribution in [3.05, 3.63) is 35.9 Å². The molecule has 0 spiro atoms. The van der Waals surface area contributed by atoms with Gasteiger partial charge in [0.25, 0.3) is 0 Å². The molecule has 0 radical (unpaired) electrons. The van der Waals surface area contributed by atoms with Crippen LogP contribution in [0.5, 0.6) is 0 Å². The highest BCUT2D eigenvalue weighted by Gasteiger charge is 2.25. The van der Waals surface area contributed by atoms with Crippen molar-refractivity contribution in [2.45, 2.75) is 32.9 Å². The second kappa shape index (κ2) is 8.15. The van der Waals surface area contributed by atoms with Crippen LogP contribution < -0.4 is 11.1 Å². The van der Waals surface area contributed by atoms with Crippen molar-refractivity contribution in [1.29, 1.82) is 0 Å². The van der Waals surface area contributed by atoms with Gasteiger partial charge in [0, 0.05) is 18.6 Å². The Balaban J connectivity index is 2.68. The van der Waals surface area contributed by atoms with Gasteiger partial charge in [-0.05, 0) is 25.6 Å². The van der Waals surface area contributed by atoms with Crippen LogP contribution >= 0.6 is 0 Å². The number of rotatable bonds is 7. The fraction of sp³-hybridized carbons (Fsp3) is 0.588. The molecule has 0 aromatic heterocycles. The first-order valence-electron chi connectivity index (χ1n) is 7.58. The predicted molar refractivity (Wildman–Crippen MR) is 87.9 cm³/mol. The molecule has 3 unspecified atom stereocenters. The minimum Gasteiger partial charge on any atom is -0.352 e. The van der Waals surface area contributed by atoms with E-state index in [1.165, 1.54) is 0 Å². The summed E-state index contributed by atoms with van der Waals surface area (Å²) in [6.07, 6.45) is 0. The minimum absolute atomic E-state index is 0.0203. The zero-order chi connectivity index (χ0) is 16.0. The lowest BCUT2D eigenvalue weighted by Gasteiger charge is -2.28. The maximum atomic E-state index is 12.4. The summed E-state index contributed by atoms with van der Waals surface area (Å²) in [4.78, 5) is 14.5. The van der Waals surface area contributed by atoms with E-state index in [0.29, 0.717) is 5.92 Å². The van der Waals surface area contributed by atoms with E-state index in [0.717, 1.165) is 12.1 Å². The molecule has 3 N–H and O–H groups in total. The first kappa shape index (κ1) is 17.7. The molecule has 1 rings (SSSR count). The first-order chi connectivity index (χ1) is 9.82. The molecule has 0 aliphatic heterocycles. The summed E-state index contributed by atoms with van der Waals surface area (Å²) in [5.74, 6) is 0.152. The van der Waals surface area contributed by atoms with Gasteiger partial charge in [-0.25, -0.2) is 0 Å². The van der Waals surface area contributed by atoms with Gasteiger partial charge in [-0.1, -0.05) is 51.1 Å². The third-order valence-electron chi connectivity index (χ3n) is 3.83. The van der Waals surface area contributed by atoms with Crippen molar-refractivity contribution in [2.75, 3.05) is 20.6 Å². The van der Waals surface area contributed by atoms with Gasteiger partial charge in [0.2, 0.25) is 5.91 Å². The highest BCUT2D eigenvalue weighted by Crippen LogP contribution is 2.19. The zero-order valence-corrected chi connectivity index (χ0v) is 13.8. The van der Waals surface area contributed by atoms with Crippen LogP contribution in [-0.4, -0.2) is 37.5 Å². The highest BCUT2D eigenvalue weighted by molar-refractivity contribution is 5.79. The van der Waals surface area contributed by atoms with Gasteiger partial charge in [-0.3, -0.25) is 4.79 Å². The summed E-state index contributed by atoms with van der Waals surface area (Å²) in [6, 6.07) is 9.64. The van der Waals surface area contributed by atoms with Crippen molar-refractivity contribution in [2.24, 2.45) is 17.6 Å². The lowest BCUT2D eigenvalue weighted by Crippen LogP contribution is -2.48. The molecule has 1 aromatic rings. The van der Waals surface area contributed by atoms with Gasteiger partial charge >= 0.3 is 0 Å². The van der Waals surface area contributed by atoms with Gasteiger partial charge in [-0.2, -0.15) is 0 Å². The minimum atomic E-state index is -0.279. The van der Waals surface area contributed by atoms with Gasteiger partial charge < -0.3 is 16.0 Å². The Morgan fingerprint density at radius 1 is 1.19 bits per heavy atom. The van der Waals surface area contributed by atoms with Crippen molar-refractivity contribution in [3.8, 4) is 0 Å². The molecular formula is C17H29N3O. The lowest BCUT2D eigenvalue weighted by atomic mass is 9.93. The molecule has 1 amide bonds. The van der Waals surface area contributed by atoms with Crippen LogP contribution in [0.1, 0.15) is 32.4 Å². The number of amides is 1. The van der Waals surface area contributed by atoms with Crippen LogP contribution in [0.25, 0.3) is 0 Å². The monoisotopic (exact) mass is 291 g/mol. The smallest absolute Gasteiger partial charge is 0.225 e. The number of likely N-dealkylation sites (N-methyl/N-ethyl adjacent to an activating group) is 1. The summed E-state index contributed by atoms with van der Waals surface area (Å²) in [7, 11) is 4.03. The molecular weight excluding hydrogens is 262 g/mol. The van der Waals surface area contributed by atoms with E-state index in [2.05, 4.69) is 24.1 Å². The Labute approximate surface area is 128 Å². The fourth-order valence-corrected chi connectivity index (χ4v) is 2.26. The summed E-state index contributed by atoms with van der Waals surface area (Å²) in [5.41, 5.74) is 7.22. The molecule has 4 heteroatoms. The average Bonchev–Trinajstić information content (AvgIpc) is 2.45. The normalized spacial score (nSPS) is 15.8. The van der Waals surface area contributed by atoms with Crippen LogP contribution in [0.3, 0.4) is 0 Å². The van der Waals surface area contributed by atoms with Gasteiger partial charge in [0.15, 0.2) is 0 Å². The molecule has 1 aromatic carbocycles. The molecule has 0 heterocycles. The van der Waals surface area contributed by atoms with Crippen LogP contribution in [0.15, 0.2) is 30.3 Å². The summed E-state index contributed by atoms with van der Waals surface area (Å²) in [5, 5.41) is 3.14. The quantitative estimate of drug-likeness (QED) is 0.808. The number of nitrogens with zero attached hydrogens (tertiary/aromatic N) is 1. The second-order valence-corrected chi connectivity index (χ2v) is 6.35. The van der Waals surface area contributed by atoms with E-state index in [9.17, 15) is 4.79 Å². The summed E-state index contributed by atoms with van der Waals surface area (Å²) >= 11 is 0. The largest absolute Gasteiger partial charge is 0.352 e. The zero-order valence-electron chi connectivity index (χ0n) is 13.8. The van der Waals surface area contributed by atoms with Crippen LogP contribution in [-0.2, 0) is 4.79 Å². The number of carbonyl (C=O) groups is 1. The molecule has 0 saturated carbocycles. The second-order valence-electron chi connectivity index (χ2n) is 6.35. The third kappa shape index (κ3) is 5.48. The lowest BCUT2D eigenvalue weighted by molar-refractivity contribution is -0.126. The van der Waals surface area contributed by atoms with Crippen LogP contribution in [0, 0.1) is 11.8 Å². The van der Waals surface area contributed by atoms with Crippen molar-refractivity contribution >= 4 is 5.91 Å². The molecule has 0 aliphatic rings. The molecule has 118 valence electrons. The maximum Gasteiger partial charge on any atom is 0.225 e. The Hall–Kier alpha value is -1.39. The van der Waals surface area contributed by atoms with Crippen molar-refractivity contribution < 1.29 is 4.79 Å². The topological polar surface area (TPSA) is 58.4 Å². The molecule has 0 fully saturated rings. The van der Waals surface area contributed by atoms with Crippen molar-refractivity contribution in [1.82, 2.24) is 10.2 Å². The Morgan fingerprint density at radius 2 is 1.76 bits per heavy atom. The van der Waals surface area contributed by atoms with Gasteiger partial charge in [0.1, 0.15) is 0 Å². The fourth-order valence-electron chi connectivity index (χ4n) is 2.26. The molecule has 4 nitrogen and oxygen atoms in total. The highest BCUT2D eigenvalue weighted by atomic mass is 16.2. The molecule has 0 bridgehead atoms. The van der Waals surface area contributed by atoms with E-state index < -0.39 is 0 Å². The van der Waals surface area contributed by atoms with Gasteiger partial charge in [0.05, 0.1) is 5.92 Å².